The van der Waals surface area contributed by atoms with E-state index in [0.717, 1.165) is 39.1 Å². The Morgan fingerprint density at radius 3 is 2.46 bits per heavy atom. The number of nitrogens with zero attached hydrogens (tertiary/aromatic N) is 4. The molecule has 5 rings (SSSR count). The minimum Gasteiger partial charge on any atom is -0.497 e. The topological polar surface area (TPSA) is 44.9 Å². The maximum atomic E-state index is 5.29. The summed E-state index contributed by atoms with van der Waals surface area (Å²) in [5.74, 6) is 1.80. The minimum atomic E-state index is 0.832. The van der Waals surface area contributed by atoms with Gasteiger partial charge in [0.15, 0.2) is 0 Å². The van der Waals surface area contributed by atoms with Crippen molar-refractivity contribution in [3.05, 3.63) is 79.0 Å². The highest BCUT2D eigenvalue weighted by Gasteiger charge is 2.16. The van der Waals surface area contributed by atoms with Crippen molar-refractivity contribution >= 4 is 21.8 Å². The fraction of sp³-hybridized carbons (Fsp3) is 0.0476. The first-order valence-electron chi connectivity index (χ1n) is 8.40. The lowest BCUT2D eigenvalue weighted by Gasteiger charge is -2.11. The predicted octanol–water partition coefficient (Wildman–Crippen LogP) is 4.37. The van der Waals surface area contributed by atoms with E-state index in [4.69, 9.17) is 4.74 Å². The molecule has 5 aromatic rings. The van der Waals surface area contributed by atoms with Crippen LogP contribution in [-0.2, 0) is 0 Å². The maximum absolute atomic E-state index is 5.29. The van der Waals surface area contributed by atoms with Gasteiger partial charge in [0.2, 0.25) is 0 Å². The summed E-state index contributed by atoms with van der Waals surface area (Å²) in [6.45, 7) is 0. The monoisotopic (exact) mass is 340 g/mol. The highest BCUT2D eigenvalue weighted by molar-refractivity contribution is 5.92. The van der Waals surface area contributed by atoms with Crippen molar-refractivity contribution in [2.75, 3.05) is 7.11 Å². The van der Waals surface area contributed by atoms with E-state index in [1.807, 2.05) is 65.3 Å². The Balaban J connectivity index is 1.82. The molecule has 2 heterocycles. The molecule has 5 nitrogen and oxygen atoms in total. The Morgan fingerprint density at radius 1 is 0.846 bits per heavy atom. The number of rotatable bonds is 3. The van der Waals surface area contributed by atoms with Crippen molar-refractivity contribution < 1.29 is 4.74 Å². The van der Waals surface area contributed by atoms with Gasteiger partial charge >= 0.3 is 0 Å². The second kappa shape index (κ2) is 5.74. The molecule has 126 valence electrons. The van der Waals surface area contributed by atoms with Crippen molar-refractivity contribution in [3.8, 4) is 17.3 Å². The van der Waals surface area contributed by atoms with Crippen LogP contribution in [0, 0.1) is 0 Å². The number of ether oxygens (including phenoxy) is 1. The van der Waals surface area contributed by atoms with E-state index in [1.54, 1.807) is 7.11 Å². The molecule has 0 atom stereocenters. The third-order valence-corrected chi connectivity index (χ3v) is 4.60. The van der Waals surface area contributed by atoms with Crippen LogP contribution in [0.15, 0.2) is 79.0 Å². The van der Waals surface area contributed by atoms with Crippen LogP contribution < -0.4 is 4.74 Å². The van der Waals surface area contributed by atoms with Crippen molar-refractivity contribution in [2.45, 2.75) is 0 Å². The summed E-state index contributed by atoms with van der Waals surface area (Å²) < 4.78 is 9.34. The van der Waals surface area contributed by atoms with E-state index in [2.05, 4.69) is 33.2 Å². The van der Waals surface area contributed by atoms with E-state index in [9.17, 15) is 0 Å². The van der Waals surface area contributed by atoms with Crippen molar-refractivity contribution in [1.29, 1.82) is 0 Å². The van der Waals surface area contributed by atoms with Crippen molar-refractivity contribution in [2.24, 2.45) is 0 Å². The maximum Gasteiger partial charge on any atom is 0.149 e. The van der Waals surface area contributed by atoms with Gasteiger partial charge in [-0.05, 0) is 36.4 Å². The summed E-state index contributed by atoms with van der Waals surface area (Å²) in [5, 5.41) is 11.0. The third kappa shape index (κ3) is 2.18. The molecule has 0 aliphatic carbocycles. The van der Waals surface area contributed by atoms with E-state index in [-0.39, 0.29) is 0 Å². The van der Waals surface area contributed by atoms with Crippen molar-refractivity contribution in [3.63, 3.8) is 0 Å². The predicted molar refractivity (Wildman–Crippen MR) is 102 cm³/mol. The first kappa shape index (κ1) is 14.7. The van der Waals surface area contributed by atoms with Crippen LogP contribution in [-0.4, -0.2) is 26.7 Å². The molecular weight excluding hydrogens is 324 g/mol. The standard InChI is InChI=1S/C21H16N4O/c1-26-17-12-10-16(11-13-17)24-14-15-6-2-3-7-18(15)21(24)25-20-9-5-4-8-19(20)22-23-25/h2-14H,1H3. The van der Waals surface area contributed by atoms with E-state index < -0.39 is 0 Å². The molecule has 0 aliphatic heterocycles. The smallest absolute Gasteiger partial charge is 0.149 e. The number of fused-ring (bicyclic) bond motifs is 2. The van der Waals surface area contributed by atoms with E-state index in [1.165, 1.54) is 0 Å². The summed E-state index contributed by atoms with van der Waals surface area (Å²) in [4.78, 5) is 0. The zero-order chi connectivity index (χ0) is 17.5. The first-order valence-corrected chi connectivity index (χ1v) is 8.40. The summed E-state index contributed by atoms with van der Waals surface area (Å²) in [7, 11) is 1.67. The fourth-order valence-corrected chi connectivity index (χ4v) is 3.32. The largest absolute Gasteiger partial charge is 0.497 e. The van der Waals surface area contributed by atoms with Gasteiger partial charge < -0.3 is 9.30 Å². The average Bonchev–Trinajstić information content (AvgIpc) is 3.29. The second-order valence-electron chi connectivity index (χ2n) is 6.10. The summed E-state index contributed by atoms with van der Waals surface area (Å²) in [5.41, 5.74) is 2.89. The lowest BCUT2D eigenvalue weighted by molar-refractivity contribution is 0.414. The molecule has 5 heteroatoms. The van der Waals surface area contributed by atoms with Crippen LogP contribution in [0.1, 0.15) is 0 Å². The van der Waals surface area contributed by atoms with Gasteiger partial charge in [-0.3, -0.25) is 0 Å². The normalized spacial score (nSPS) is 11.3. The first-order chi connectivity index (χ1) is 12.8. The van der Waals surface area contributed by atoms with Gasteiger partial charge in [0.25, 0.3) is 0 Å². The molecule has 0 bridgehead atoms. The second-order valence-corrected chi connectivity index (χ2v) is 6.10. The van der Waals surface area contributed by atoms with E-state index >= 15 is 0 Å². The van der Waals surface area contributed by atoms with Crippen LogP contribution in [0.25, 0.3) is 33.3 Å². The van der Waals surface area contributed by atoms with Gasteiger partial charge in [-0.15, -0.1) is 5.10 Å². The van der Waals surface area contributed by atoms with Crippen molar-refractivity contribution in [1.82, 2.24) is 19.6 Å². The molecule has 0 unspecified atom stereocenters. The molecule has 0 N–H and O–H groups in total. The van der Waals surface area contributed by atoms with Crippen LogP contribution in [0.5, 0.6) is 5.75 Å². The van der Waals surface area contributed by atoms with Gasteiger partial charge in [0.05, 0.1) is 12.6 Å². The Kier molecular flexibility index (Phi) is 3.25. The number of aromatic nitrogens is 4. The lowest BCUT2D eigenvalue weighted by atomic mass is 10.2. The van der Waals surface area contributed by atoms with Crippen LogP contribution in [0.3, 0.4) is 0 Å². The molecule has 0 fully saturated rings. The zero-order valence-electron chi connectivity index (χ0n) is 14.2. The molecule has 0 radical (unpaired) electrons. The number of para-hydroxylation sites is 1. The van der Waals surface area contributed by atoms with Crippen LogP contribution in [0.4, 0.5) is 0 Å². The van der Waals surface area contributed by atoms with Gasteiger partial charge in [-0.1, -0.05) is 41.6 Å². The minimum absolute atomic E-state index is 0.832. The zero-order valence-corrected chi connectivity index (χ0v) is 14.2. The Hall–Kier alpha value is -3.60. The van der Waals surface area contributed by atoms with E-state index in [0.29, 0.717) is 0 Å². The molecule has 0 aliphatic rings. The molecule has 2 aromatic heterocycles. The van der Waals surface area contributed by atoms with Gasteiger partial charge in [0, 0.05) is 22.7 Å². The Bertz CT molecular complexity index is 1220. The average molecular weight is 340 g/mol. The Morgan fingerprint density at radius 2 is 1.62 bits per heavy atom. The molecule has 26 heavy (non-hydrogen) atoms. The summed E-state index contributed by atoms with van der Waals surface area (Å²) in [6.07, 6.45) is 2.13. The SMILES string of the molecule is COc1ccc(-n2cc3ccccc3c2-n2nnc3ccccc32)cc1. The molecular formula is C21H16N4O. The number of methoxy groups -OCH3 is 1. The van der Waals surface area contributed by atoms with Gasteiger partial charge in [-0.2, -0.15) is 4.68 Å². The van der Waals surface area contributed by atoms with Crippen LogP contribution >= 0.6 is 0 Å². The lowest BCUT2D eigenvalue weighted by Crippen LogP contribution is -2.05. The number of benzene rings is 3. The third-order valence-electron chi connectivity index (χ3n) is 4.60. The van der Waals surface area contributed by atoms with Gasteiger partial charge in [-0.25, -0.2) is 0 Å². The van der Waals surface area contributed by atoms with Gasteiger partial charge in [0.1, 0.15) is 17.1 Å². The highest BCUT2D eigenvalue weighted by Crippen LogP contribution is 2.30. The molecule has 0 amide bonds. The molecule has 3 aromatic carbocycles. The quantitative estimate of drug-likeness (QED) is 0.490. The number of hydrogen-bond donors (Lipinski definition) is 0. The fourth-order valence-electron chi connectivity index (χ4n) is 3.32. The number of hydrogen-bond acceptors (Lipinski definition) is 3. The molecule has 0 spiro atoms. The highest BCUT2D eigenvalue weighted by atomic mass is 16.5. The van der Waals surface area contributed by atoms with Crippen LogP contribution in [0.2, 0.25) is 0 Å². The summed E-state index contributed by atoms with van der Waals surface area (Å²) in [6, 6.07) is 24.3. The molecule has 0 saturated heterocycles. The summed E-state index contributed by atoms with van der Waals surface area (Å²) >= 11 is 0. The molecule has 0 saturated carbocycles. The Labute approximate surface area is 150 Å².